The molecular formula is C10H21N17. The Morgan fingerprint density at radius 3 is 1.30 bits per heavy atom. The Kier molecular flexibility index (Phi) is 6.18. The van der Waals surface area contributed by atoms with Crippen LogP contribution in [0.25, 0.3) is 0 Å². The molecule has 0 aliphatic heterocycles. The van der Waals surface area contributed by atoms with Crippen molar-refractivity contribution in [2.45, 2.75) is 0 Å². The molecule has 0 saturated heterocycles. The topological polar surface area (TPSA) is 304 Å². The van der Waals surface area contributed by atoms with Gasteiger partial charge in [0.05, 0.1) is 0 Å². The molecular weight excluding hydrogens is 358 g/mol. The fourth-order valence-corrected chi connectivity index (χ4v) is 1.74. The summed E-state index contributed by atoms with van der Waals surface area (Å²) in [4.78, 5) is 18.4. The minimum atomic E-state index is -0.562. The van der Waals surface area contributed by atoms with Crippen LogP contribution in [0, 0.1) is 16.2 Å². The van der Waals surface area contributed by atoms with Crippen molar-refractivity contribution in [3.05, 3.63) is 11.2 Å². The van der Waals surface area contributed by atoms with Gasteiger partial charge in [-0.1, -0.05) is 0 Å². The van der Waals surface area contributed by atoms with Crippen LogP contribution in [0.3, 0.4) is 0 Å². The summed E-state index contributed by atoms with van der Waals surface area (Å²) in [5.41, 5.74) is 31.4. The van der Waals surface area contributed by atoms with Crippen LogP contribution < -0.4 is 45.6 Å². The number of aromatic nitrogens is 3. The van der Waals surface area contributed by atoms with Crippen LogP contribution in [0.4, 0.5) is 0 Å². The van der Waals surface area contributed by atoms with E-state index < -0.39 is 23.8 Å². The lowest BCUT2D eigenvalue weighted by molar-refractivity contribution is 0.554. The first-order chi connectivity index (χ1) is 12.4. The van der Waals surface area contributed by atoms with Gasteiger partial charge in [0.25, 0.3) is 0 Å². The van der Waals surface area contributed by atoms with Gasteiger partial charge >= 0.3 is 0 Å². The zero-order chi connectivity index (χ0) is 20.9. The van der Waals surface area contributed by atoms with Crippen LogP contribution in [-0.4, -0.2) is 49.7 Å². The zero-order valence-electron chi connectivity index (χ0n) is 14.5. The molecule has 1 heterocycles. The molecule has 17 nitrogen and oxygen atoms in total. The third-order valence-electron chi connectivity index (χ3n) is 2.76. The highest BCUT2D eigenvalue weighted by Crippen LogP contribution is 1.85. The highest BCUT2D eigenvalue weighted by molar-refractivity contribution is 5.94. The maximum atomic E-state index is 8.08. The second-order valence-corrected chi connectivity index (χ2v) is 4.79. The summed E-state index contributed by atoms with van der Waals surface area (Å²) in [7, 11) is 3.06. The van der Waals surface area contributed by atoms with Gasteiger partial charge in [-0.25, -0.2) is 4.57 Å². The molecule has 0 fully saturated rings. The van der Waals surface area contributed by atoms with Gasteiger partial charge in [0.15, 0.2) is 17.9 Å². The molecule has 0 aliphatic rings. The lowest BCUT2D eigenvalue weighted by atomic mass is 10.8. The van der Waals surface area contributed by atoms with Gasteiger partial charge in [-0.05, 0) is 0 Å². The number of nitrogens with two attached hydrogens (primary N) is 6. The molecule has 27 heavy (non-hydrogen) atoms. The molecule has 0 unspecified atom stereocenters. The Morgan fingerprint density at radius 1 is 0.667 bits per heavy atom. The summed E-state index contributed by atoms with van der Waals surface area (Å²) in [6, 6.07) is 0. The molecule has 0 radical (unpaired) electrons. The number of aliphatic imine (C=N–C) groups is 3. The predicted octanol–water partition coefficient (Wildman–Crippen LogP) is -5.56. The first kappa shape index (κ1) is 20.6. The molecule has 1 aromatic rings. The highest BCUT2D eigenvalue weighted by Gasteiger charge is 2.14. The van der Waals surface area contributed by atoms with Crippen LogP contribution in [-0.2, 0) is 14.1 Å². The smallest absolute Gasteiger partial charge is 0.248 e. The van der Waals surface area contributed by atoms with E-state index in [1.165, 1.54) is 23.5 Å². The third kappa shape index (κ3) is 5.27. The lowest BCUT2D eigenvalue weighted by Crippen LogP contribution is -2.38. The summed E-state index contributed by atoms with van der Waals surface area (Å²) in [5, 5.41) is 23.5. The Morgan fingerprint density at radius 2 is 1.00 bits per heavy atom. The molecule has 0 bridgehead atoms. The molecule has 0 atom stereocenters. The van der Waals surface area contributed by atoms with E-state index in [1.807, 2.05) is 0 Å². The van der Waals surface area contributed by atoms with Crippen LogP contribution in [0.15, 0.2) is 25.0 Å². The quantitative estimate of drug-likeness (QED) is 0.156. The summed E-state index contributed by atoms with van der Waals surface area (Å²) in [6.45, 7) is 0. The second-order valence-electron chi connectivity index (χ2n) is 4.79. The maximum Gasteiger partial charge on any atom is 0.248 e. The van der Waals surface area contributed by atoms with Crippen LogP contribution in [0.2, 0.25) is 0 Å². The first-order valence-electron chi connectivity index (χ1n) is 6.93. The molecule has 0 amide bonds. The Balaban J connectivity index is 3.93. The molecule has 0 saturated carbocycles. The fourth-order valence-electron chi connectivity index (χ4n) is 1.74. The molecule has 0 aromatic carbocycles. The highest BCUT2D eigenvalue weighted by atomic mass is 15.5. The van der Waals surface area contributed by atoms with E-state index in [1.54, 1.807) is 0 Å². The molecule has 17 heteroatoms. The van der Waals surface area contributed by atoms with Gasteiger partial charge < -0.3 is 34.4 Å². The van der Waals surface area contributed by atoms with Gasteiger partial charge in [-0.15, -0.1) is 0 Å². The van der Waals surface area contributed by atoms with Gasteiger partial charge in [0, 0.05) is 14.1 Å². The zero-order valence-corrected chi connectivity index (χ0v) is 14.5. The van der Waals surface area contributed by atoms with Crippen molar-refractivity contribution in [1.29, 1.82) is 16.2 Å². The Hall–Kier alpha value is -4.44. The minimum absolute atomic E-state index is 0.0567. The Labute approximate surface area is 151 Å². The van der Waals surface area contributed by atoms with E-state index in [0.29, 0.717) is 0 Å². The third-order valence-corrected chi connectivity index (χ3v) is 2.76. The van der Waals surface area contributed by atoms with E-state index in [0.717, 1.165) is 4.57 Å². The van der Waals surface area contributed by atoms with Crippen LogP contribution >= 0.6 is 0 Å². The lowest BCUT2D eigenvalue weighted by Gasteiger charge is -2.00. The van der Waals surface area contributed by atoms with Crippen LogP contribution in [0.1, 0.15) is 0 Å². The number of rotatable bonds is 0. The molecule has 1 rings (SSSR count). The predicted molar refractivity (Wildman–Crippen MR) is 99.5 cm³/mol. The van der Waals surface area contributed by atoms with Gasteiger partial charge in [0.1, 0.15) is 0 Å². The summed E-state index contributed by atoms with van der Waals surface area (Å²) in [6.07, 6.45) is 0. The van der Waals surface area contributed by atoms with Crippen LogP contribution in [0.5, 0.6) is 0 Å². The largest absolute Gasteiger partial charge is 0.370 e. The minimum Gasteiger partial charge on any atom is -0.370 e. The molecule has 15 N–H and O–H groups in total. The van der Waals surface area contributed by atoms with Crippen molar-refractivity contribution in [1.82, 2.24) is 13.9 Å². The van der Waals surface area contributed by atoms with Gasteiger partial charge in [0.2, 0.25) is 29.1 Å². The van der Waals surface area contributed by atoms with E-state index in [9.17, 15) is 0 Å². The number of guanidine groups is 5. The summed E-state index contributed by atoms with van der Waals surface area (Å²) in [5.74, 6) is -2.81. The summed E-state index contributed by atoms with van der Waals surface area (Å²) < 4.78 is 3.76. The maximum absolute atomic E-state index is 8.08. The fraction of sp³-hybridized carbons (Fsp3) is 0.200. The second kappa shape index (κ2) is 8.09. The molecule has 0 spiro atoms. The Bertz CT molecular complexity index is 924. The van der Waals surface area contributed by atoms with Crippen molar-refractivity contribution in [3.63, 3.8) is 0 Å². The van der Waals surface area contributed by atoms with Crippen molar-refractivity contribution >= 4 is 35.8 Å². The van der Waals surface area contributed by atoms with Crippen molar-refractivity contribution in [3.8, 4) is 0 Å². The molecule has 146 valence electrons. The van der Waals surface area contributed by atoms with E-state index in [2.05, 4.69) is 25.0 Å². The van der Waals surface area contributed by atoms with Gasteiger partial charge in [-0.2, -0.15) is 25.0 Å². The number of hydrogen-bond donors (Lipinski definition) is 9. The summed E-state index contributed by atoms with van der Waals surface area (Å²) >= 11 is 0. The first-order valence-corrected chi connectivity index (χ1v) is 6.93. The molecule has 0 aliphatic carbocycles. The average Bonchev–Trinajstić information content (AvgIpc) is 2.70. The molecule has 1 aromatic heterocycles. The number of hydrogen-bond acceptors (Lipinski definition) is 3. The average molecular weight is 379 g/mol. The monoisotopic (exact) mass is 379 g/mol. The van der Waals surface area contributed by atoms with Crippen molar-refractivity contribution in [2.75, 3.05) is 0 Å². The van der Waals surface area contributed by atoms with E-state index >= 15 is 0 Å². The van der Waals surface area contributed by atoms with Crippen molar-refractivity contribution in [2.24, 2.45) is 73.5 Å². The normalized spacial score (nSPS) is 11.6. The number of nitrogens with zero attached hydrogens (tertiary/aromatic N) is 8. The van der Waals surface area contributed by atoms with Crippen molar-refractivity contribution < 1.29 is 0 Å². The number of nitrogens with one attached hydrogen (secondary N) is 3. The SMILES string of the molecule is Cn1/c(=N\C(=N)N=C(N)N)n(C(=N)N=C(N)N)/c(=N\C(=N)N=C(N)N)n1C. The standard InChI is InChI=1S/C10H21N17/c1-25-9(23-6(17)20-3(11)12)27(8(19)22-5(15)16)10(26(25)2)24-7(18)21-4(13)14/h1-2H3,(H5,11,12,17,20)(H5,13,14,18,21)(H5,15,16,19,22)/b23-9-,24-10+. The van der Waals surface area contributed by atoms with E-state index in [-0.39, 0.29) is 23.2 Å². The van der Waals surface area contributed by atoms with Gasteiger partial charge in [-0.3, -0.25) is 25.6 Å². The van der Waals surface area contributed by atoms with E-state index in [4.69, 9.17) is 50.6 Å².